The SMILES string of the molecule is CCC(=O)c1ccc(C(C)=O)cc1-n1cccn1. The highest BCUT2D eigenvalue weighted by atomic mass is 16.1. The van der Waals surface area contributed by atoms with Gasteiger partial charge in [0.15, 0.2) is 11.6 Å². The van der Waals surface area contributed by atoms with E-state index in [9.17, 15) is 9.59 Å². The topological polar surface area (TPSA) is 52.0 Å². The van der Waals surface area contributed by atoms with E-state index in [4.69, 9.17) is 0 Å². The summed E-state index contributed by atoms with van der Waals surface area (Å²) >= 11 is 0. The van der Waals surface area contributed by atoms with Crippen molar-refractivity contribution in [3.8, 4) is 5.69 Å². The van der Waals surface area contributed by atoms with Crippen LogP contribution in [0, 0.1) is 0 Å². The zero-order valence-electron chi connectivity index (χ0n) is 10.4. The molecule has 1 aromatic heterocycles. The Morgan fingerprint density at radius 1 is 1.33 bits per heavy atom. The van der Waals surface area contributed by atoms with Crippen molar-refractivity contribution in [2.24, 2.45) is 0 Å². The van der Waals surface area contributed by atoms with Crippen LogP contribution in [0.15, 0.2) is 36.7 Å². The lowest BCUT2D eigenvalue weighted by atomic mass is 10.0. The Hall–Kier alpha value is -2.23. The summed E-state index contributed by atoms with van der Waals surface area (Å²) in [6, 6.07) is 6.86. The van der Waals surface area contributed by atoms with Crippen molar-refractivity contribution >= 4 is 11.6 Å². The molecule has 2 rings (SSSR count). The van der Waals surface area contributed by atoms with Gasteiger partial charge in [0.25, 0.3) is 0 Å². The normalized spacial score (nSPS) is 10.3. The highest BCUT2D eigenvalue weighted by molar-refractivity contribution is 6.01. The van der Waals surface area contributed by atoms with E-state index >= 15 is 0 Å². The number of carbonyl (C=O) groups excluding carboxylic acids is 2. The number of hydrogen-bond acceptors (Lipinski definition) is 3. The molecule has 4 nitrogen and oxygen atoms in total. The minimum absolute atomic E-state index is 0.0288. The van der Waals surface area contributed by atoms with Crippen LogP contribution in [0.4, 0.5) is 0 Å². The molecule has 92 valence electrons. The van der Waals surface area contributed by atoms with E-state index in [2.05, 4.69) is 5.10 Å². The lowest BCUT2D eigenvalue weighted by Crippen LogP contribution is -2.07. The molecule has 0 N–H and O–H groups in total. The standard InChI is InChI=1S/C14H14N2O2/c1-3-14(18)12-6-5-11(10(2)17)9-13(12)16-8-4-7-15-16/h4-9H,3H2,1-2H3. The van der Waals surface area contributed by atoms with Crippen molar-refractivity contribution in [3.05, 3.63) is 47.8 Å². The summed E-state index contributed by atoms with van der Waals surface area (Å²) < 4.78 is 1.61. The van der Waals surface area contributed by atoms with Crippen LogP contribution in [0.25, 0.3) is 5.69 Å². The second kappa shape index (κ2) is 4.96. The van der Waals surface area contributed by atoms with Crippen LogP contribution < -0.4 is 0 Å². The van der Waals surface area contributed by atoms with Crippen LogP contribution in [-0.4, -0.2) is 21.3 Å². The molecule has 4 heteroatoms. The van der Waals surface area contributed by atoms with Crippen molar-refractivity contribution in [3.63, 3.8) is 0 Å². The highest BCUT2D eigenvalue weighted by Gasteiger charge is 2.13. The molecule has 0 aliphatic carbocycles. The molecule has 0 fully saturated rings. The van der Waals surface area contributed by atoms with Gasteiger partial charge in [-0.05, 0) is 25.1 Å². The smallest absolute Gasteiger partial charge is 0.164 e. The summed E-state index contributed by atoms with van der Waals surface area (Å²) in [4.78, 5) is 23.3. The minimum Gasteiger partial charge on any atom is -0.295 e. The van der Waals surface area contributed by atoms with Crippen LogP contribution in [0.5, 0.6) is 0 Å². The molecule has 0 bridgehead atoms. The van der Waals surface area contributed by atoms with Gasteiger partial charge in [-0.15, -0.1) is 0 Å². The molecule has 0 unspecified atom stereocenters. The maximum atomic E-state index is 11.9. The van der Waals surface area contributed by atoms with Gasteiger partial charge in [0.1, 0.15) is 0 Å². The first-order chi connectivity index (χ1) is 8.63. The number of rotatable bonds is 4. The van der Waals surface area contributed by atoms with Gasteiger partial charge in [-0.3, -0.25) is 9.59 Å². The van der Waals surface area contributed by atoms with Crippen LogP contribution in [0.3, 0.4) is 0 Å². The molecule has 0 radical (unpaired) electrons. The predicted molar refractivity (Wildman–Crippen MR) is 68.2 cm³/mol. The van der Waals surface area contributed by atoms with Gasteiger partial charge < -0.3 is 0 Å². The van der Waals surface area contributed by atoms with Gasteiger partial charge in [0.2, 0.25) is 0 Å². The van der Waals surface area contributed by atoms with Gasteiger partial charge in [-0.2, -0.15) is 5.10 Å². The Kier molecular flexibility index (Phi) is 3.37. The van der Waals surface area contributed by atoms with E-state index in [-0.39, 0.29) is 11.6 Å². The second-order valence-electron chi connectivity index (χ2n) is 4.02. The summed E-state index contributed by atoms with van der Waals surface area (Å²) in [7, 11) is 0. The first-order valence-corrected chi connectivity index (χ1v) is 5.81. The van der Waals surface area contributed by atoms with Gasteiger partial charge in [0, 0.05) is 29.9 Å². The molecule has 0 aliphatic rings. The molecule has 0 saturated heterocycles. The number of ketones is 2. The van der Waals surface area contributed by atoms with Crippen molar-refractivity contribution in [2.45, 2.75) is 20.3 Å². The molecule has 1 heterocycles. The summed E-state index contributed by atoms with van der Waals surface area (Å²) in [5, 5.41) is 4.12. The van der Waals surface area contributed by atoms with Crippen LogP contribution in [0.1, 0.15) is 41.0 Å². The molecule has 0 atom stereocenters. The van der Waals surface area contributed by atoms with Crippen LogP contribution >= 0.6 is 0 Å². The van der Waals surface area contributed by atoms with Gasteiger partial charge in [-0.25, -0.2) is 4.68 Å². The van der Waals surface area contributed by atoms with Crippen molar-refractivity contribution in [1.82, 2.24) is 9.78 Å². The Labute approximate surface area is 105 Å². The van der Waals surface area contributed by atoms with E-state index in [1.807, 2.05) is 6.92 Å². The van der Waals surface area contributed by atoms with E-state index < -0.39 is 0 Å². The van der Waals surface area contributed by atoms with Crippen molar-refractivity contribution < 1.29 is 9.59 Å². The Bertz CT molecular complexity index is 586. The monoisotopic (exact) mass is 242 g/mol. The van der Waals surface area contributed by atoms with Crippen molar-refractivity contribution in [1.29, 1.82) is 0 Å². The zero-order chi connectivity index (χ0) is 13.1. The fourth-order valence-corrected chi connectivity index (χ4v) is 1.78. The largest absolute Gasteiger partial charge is 0.295 e. The third kappa shape index (κ3) is 2.22. The number of Topliss-reactive ketones (excluding diaryl/α,β-unsaturated/α-hetero) is 2. The summed E-state index contributed by atoms with van der Waals surface area (Å²) in [6.07, 6.45) is 3.82. The lowest BCUT2D eigenvalue weighted by Gasteiger charge is -2.09. The van der Waals surface area contributed by atoms with Crippen molar-refractivity contribution in [2.75, 3.05) is 0 Å². The van der Waals surface area contributed by atoms with Gasteiger partial charge >= 0.3 is 0 Å². The molecular formula is C14H14N2O2. The van der Waals surface area contributed by atoms with Gasteiger partial charge in [-0.1, -0.05) is 13.0 Å². The molecule has 0 aliphatic heterocycles. The number of aromatic nitrogens is 2. The zero-order valence-corrected chi connectivity index (χ0v) is 10.4. The van der Waals surface area contributed by atoms with E-state index in [1.165, 1.54) is 6.92 Å². The molecule has 18 heavy (non-hydrogen) atoms. The number of carbonyl (C=O) groups is 2. The molecule has 0 saturated carbocycles. The average molecular weight is 242 g/mol. The quantitative estimate of drug-likeness (QED) is 0.774. The number of hydrogen-bond donors (Lipinski definition) is 0. The summed E-state index contributed by atoms with van der Waals surface area (Å²) in [5.74, 6) is 0.00880. The summed E-state index contributed by atoms with van der Waals surface area (Å²) in [5.41, 5.74) is 1.82. The Morgan fingerprint density at radius 2 is 2.11 bits per heavy atom. The highest BCUT2D eigenvalue weighted by Crippen LogP contribution is 2.18. The molecule has 1 aromatic carbocycles. The second-order valence-corrected chi connectivity index (χ2v) is 4.02. The molecule has 0 amide bonds. The van der Waals surface area contributed by atoms with E-state index in [0.717, 1.165) is 0 Å². The third-order valence-corrected chi connectivity index (χ3v) is 2.78. The molecular weight excluding hydrogens is 228 g/mol. The minimum atomic E-state index is -0.0288. The fraction of sp³-hybridized carbons (Fsp3) is 0.214. The first-order valence-electron chi connectivity index (χ1n) is 5.81. The summed E-state index contributed by atoms with van der Waals surface area (Å²) in [6.45, 7) is 3.32. The third-order valence-electron chi connectivity index (χ3n) is 2.78. The first kappa shape index (κ1) is 12.2. The average Bonchev–Trinajstić information content (AvgIpc) is 2.90. The molecule has 2 aromatic rings. The van der Waals surface area contributed by atoms with Gasteiger partial charge in [0.05, 0.1) is 5.69 Å². The lowest BCUT2D eigenvalue weighted by molar-refractivity contribution is 0.0983. The predicted octanol–water partition coefficient (Wildman–Crippen LogP) is 2.67. The van der Waals surface area contributed by atoms with E-state index in [1.54, 1.807) is 41.3 Å². The number of nitrogens with zero attached hydrogens (tertiary/aromatic N) is 2. The maximum absolute atomic E-state index is 11.9. The number of benzene rings is 1. The van der Waals surface area contributed by atoms with Crippen LogP contribution in [0.2, 0.25) is 0 Å². The Morgan fingerprint density at radius 3 is 2.67 bits per heavy atom. The Balaban J connectivity index is 2.61. The molecule has 0 spiro atoms. The van der Waals surface area contributed by atoms with E-state index in [0.29, 0.717) is 23.2 Å². The van der Waals surface area contributed by atoms with Crippen LogP contribution in [-0.2, 0) is 0 Å². The fourth-order valence-electron chi connectivity index (χ4n) is 1.78. The maximum Gasteiger partial charge on any atom is 0.164 e.